The number of carbonyl (C=O) groups is 1. The van der Waals surface area contributed by atoms with Crippen LogP contribution >= 0.6 is 0 Å². The van der Waals surface area contributed by atoms with Gasteiger partial charge in [-0.2, -0.15) is 4.39 Å². The Balaban J connectivity index is 3.12. The maximum Gasteiger partial charge on any atom is 0.305 e. The van der Waals surface area contributed by atoms with E-state index >= 15 is 0 Å². The Morgan fingerprint density at radius 3 is 2.43 bits per heavy atom. The SMILES string of the molecule is CN(CCS(C)(=O)=O)C(=O)c1c(F)ccc([N+](=O)[O-])c1F. The van der Waals surface area contributed by atoms with Gasteiger partial charge in [0.15, 0.2) is 0 Å². The second-order valence-corrected chi connectivity index (χ2v) is 6.63. The Bertz CT molecular complexity index is 690. The monoisotopic (exact) mass is 322 g/mol. The van der Waals surface area contributed by atoms with Gasteiger partial charge in [0.25, 0.3) is 5.91 Å². The molecule has 7 nitrogen and oxygen atoms in total. The number of hydrogen-bond donors (Lipinski definition) is 0. The van der Waals surface area contributed by atoms with Crippen LogP contribution in [0.25, 0.3) is 0 Å². The van der Waals surface area contributed by atoms with Gasteiger partial charge in [-0.3, -0.25) is 14.9 Å². The molecular weight excluding hydrogens is 310 g/mol. The molecule has 0 saturated carbocycles. The van der Waals surface area contributed by atoms with Crippen molar-refractivity contribution < 1.29 is 26.9 Å². The van der Waals surface area contributed by atoms with Crippen molar-refractivity contribution in [2.75, 3.05) is 25.6 Å². The minimum atomic E-state index is -3.37. The molecule has 0 atom stereocenters. The summed E-state index contributed by atoms with van der Waals surface area (Å²) >= 11 is 0. The highest BCUT2D eigenvalue weighted by Crippen LogP contribution is 2.24. The molecular formula is C11H12F2N2O5S. The van der Waals surface area contributed by atoms with Crippen molar-refractivity contribution in [3.8, 4) is 0 Å². The van der Waals surface area contributed by atoms with E-state index in [0.717, 1.165) is 18.2 Å². The molecule has 0 aliphatic rings. The quantitative estimate of drug-likeness (QED) is 0.595. The first-order chi connectivity index (χ1) is 9.54. The normalized spacial score (nSPS) is 11.2. The van der Waals surface area contributed by atoms with E-state index in [1.54, 1.807) is 0 Å². The van der Waals surface area contributed by atoms with Crippen LogP contribution in [-0.2, 0) is 9.84 Å². The zero-order valence-corrected chi connectivity index (χ0v) is 12.0. The van der Waals surface area contributed by atoms with E-state index in [2.05, 4.69) is 0 Å². The third kappa shape index (κ3) is 4.18. The molecule has 116 valence electrons. The Morgan fingerprint density at radius 1 is 1.38 bits per heavy atom. The van der Waals surface area contributed by atoms with E-state index in [4.69, 9.17) is 0 Å². The summed E-state index contributed by atoms with van der Waals surface area (Å²) < 4.78 is 49.4. The number of amides is 1. The number of hydrogen-bond acceptors (Lipinski definition) is 5. The molecule has 0 aromatic heterocycles. The summed E-state index contributed by atoms with van der Waals surface area (Å²) in [6, 6.07) is 1.22. The van der Waals surface area contributed by atoms with Crippen molar-refractivity contribution in [3.05, 3.63) is 39.4 Å². The van der Waals surface area contributed by atoms with Gasteiger partial charge in [0.1, 0.15) is 21.2 Å². The number of nitrogens with zero attached hydrogens (tertiary/aromatic N) is 2. The second-order valence-electron chi connectivity index (χ2n) is 4.37. The van der Waals surface area contributed by atoms with E-state index in [0.29, 0.717) is 12.1 Å². The zero-order valence-electron chi connectivity index (χ0n) is 11.2. The number of rotatable bonds is 5. The zero-order chi connectivity index (χ0) is 16.4. The first-order valence-corrected chi connectivity index (χ1v) is 7.66. The van der Waals surface area contributed by atoms with Crippen molar-refractivity contribution in [1.82, 2.24) is 4.90 Å². The molecule has 1 amide bonds. The van der Waals surface area contributed by atoms with Crippen molar-refractivity contribution in [2.24, 2.45) is 0 Å². The molecule has 0 radical (unpaired) electrons. The second kappa shape index (κ2) is 6.12. The van der Waals surface area contributed by atoms with Gasteiger partial charge >= 0.3 is 5.69 Å². The largest absolute Gasteiger partial charge is 0.341 e. The van der Waals surface area contributed by atoms with Gasteiger partial charge in [0.05, 0.1) is 10.7 Å². The van der Waals surface area contributed by atoms with Crippen LogP contribution in [0.4, 0.5) is 14.5 Å². The van der Waals surface area contributed by atoms with Gasteiger partial charge in [0, 0.05) is 25.9 Å². The average molecular weight is 322 g/mol. The molecule has 21 heavy (non-hydrogen) atoms. The molecule has 1 aromatic carbocycles. The standard InChI is InChI=1S/C11H12F2N2O5S/c1-14(5-6-21(2,19)20)11(16)9-7(12)3-4-8(10(9)13)15(17)18/h3-4H,5-6H2,1-2H3. The summed E-state index contributed by atoms with van der Waals surface area (Å²) in [5.41, 5.74) is -2.11. The van der Waals surface area contributed by atoms with Crippen molar-refractivity contribution in [1.29, 1.82) is 0 Å². The highest BCUT2D eigenvalue weighted by molar-refractivity contribution is 7.90. The Labute approximate surface area is 119 Å². The van der Waals surface area contributed by atoms with Crippen LogP contribution in [0.3, 0.4) is 0 Å². The molecule has 0 unspecified atom stereocenters. The molecule has 10 heteroatoms. The number of nitro benzene ring substituents is 1. The molecule has 1 rings (SSSR count). The summed E-state index contributed by atoms with van der Waals surface area (Å²) in [4.78, 5) is 22.2. The molecule has 0 aliphatic carbocycles. The molecule has 0 saturated heterocycles. The van der Waals surface area contributed by atoms with E-state index < -0.39 is 49.3 Å². The summed E-state index contributed by atoms with van der Waals surface area (Å²) in [5.74, 6) is -4.41. The number of halogens is 2. The maximum absolute atomic E-state index is 13.8. The molecule has 0 fully saturated rings. The number of benzene rings is 1. The smallest absolute Gasteiger partial charge is 0.305 e. The van der Waals surface area contributed by atoms with Gasteiger partial charge in [-0.25, -0.2) is 12.8 Å². The minimum absolute atomic E-state index is 0.292. The predicted octanol–water partition coefficient (Wildman–Crippen LogP) is 0.990. The highest BCUT2D eigenvalue weighted by atomic mass is 32.2. The number of carbonyl (C=O) groups excluding carboxylic acids is 1. The van der Waals surface area contributed by atoms with Gasteiger partial charge in [-0.1, -0.05) is 0 Å². The number of sulfone groups is 1. The van der Waals surface area contributed by atoms with Gasteiger partial charge in [-0.05, 0) is 6.07 Å². The summed E-state index contributed by atoms with van der Waals surface area (Å²) in [6.07, 6.45) is 0.944. The lowest BCUT2D eigenvalue weighted by Crippen LogP contribution is -2.32. The molecule has 0 spiro atoms. The molecule has 0 bridgehead atoms. The lowest BCUT2D eigenvalue weighted by Gasteiger charge is -2.17. The van der Waals surface area contributed by atoms with Crippen LogP contribution in [0.1, 0.15) is 10.4 Å². The van der Waals surface area contributed by atoms with Gasteiger partial charge < -0.3 is 4.90 Å². The Kier molecular flexibility index (Phi) is 4.94. The first kappa shape index (κ1) is 17.0. The van der Waals surface area contributed by atoms with Crippen LogP contribution in [0.2, 0.25) is 0 Å². The van der Waals surface area contributed by atoms with Crippen LogP contribution < -0.4 is 0 Å². The average Bonchev–Trinajstić information content (AvgIpc) is 2.34. The lowest BCUT2D eigenvalue weighted by atomic mass is 10.1. The summed E-state index contributed by atoms with van der Waals surface area (Å²) in [6.45, 7) is -0.292. The van der Waals surface area contributed by atoms with Crippen LogP contribution in [0.15, 0.2) is 12.1 Å². The minimum Gasteiger partial charge on any atom is -0.341 e. The number of nitro groups is 1. The fourth-order valence-corrected chi connectivity index (χ4v) is 2.08. The Morgan fingerprint density at radius 2 is 1.95 bits per heavy atom. The van der Waals surface area contributed by atoms with Gasteiger partial charge in [0.2, 0.25) is 5.82 Å². The maximum atomic E-state index is 13.8. The molecule has 0 aliphatic heterocycles. The third-order valence-corrected chi connectivity index (χ3v) is 3.55. The summed E-state index contributed by atoms with van der Waals surface area (Å²) in [5, 5.41) is 10.6. The first-order valence-electron chi connectivity index (χ1n) is 5.60. The fourth-order valence-electron chi connectivity index (χ4n) is 1.47. The third-order valence-electron chi connectivity index (χ3n) is 2.63. The van der Waals surface area contributed by atoms with E-state index in [1.807, 2.05) is 0 Å². The van der Waals surface area contributed by atoms with Crippen LogP contribution in [0, 0.1) is 21.7 Å². The van der Waals surface area contributed by atoms with Crippen molar-refractivity contribution in [2.45, 2.75) is 0 Å². The molecule has 0 N–H and O–H groups in total. The molecule has 1 aromatic rings. The van der Waals surface area contributed by atoms with E-state index in [9.17, 15) is 32.1 Å². The predicted molar refractivity (Wildman–Crippen MR) is 69.7 cm³/mol. The highest BCUT2D eigenvalue weighted by Gasteiger charge is 2.28. The van der Waals surface area contributed by atoms with Gasteiger partial charge in [-0.15, -0.1) is 0 Å². The van der Waals surface area contributed by atoms with Crippen molar-refractivity contribution >= 4 is 21.4 Å². The lowest BCUT2D eigenvalue weighted by molar-refractivity contribution is -0.387. The van der Waals surface area contributed by atoms with Crippen LogP contribution in [-0.4, -0.2) is 49.7 Å². The van der Waals surface area contributed by atoms with Crippen molar-refractivity contribution in [3.63, 3.8) is 0 Å². The topological polar surface area (TPSA) is 97.6 Å². The summed E-state index contributed by atoms with van der Waals surface area (Å²) in [7, 11) is -2.22. The van der Waals surface area contributed by atoms with E-state index in [-0.39, 0.29) is 6.54 Å². The van der Waals surface area contributed by atoms with Crippen LogP contribution in [0.5, 0.6) is 0 Å². The van der Waals surface area contributed by atoms with E-state index in [1.165, 1.54) is 0 Å². The fraction of sp³-hybridized carbons (Fsp3) is 0.364. The Hall–Kier alpha value is -2.10. The molecule has 0 heterocycles.